The van der Waals surface area contributed by atoms with E-state index in [-0.39, 0.29) is 5.82 Å². The van der Waals surface area contributed by atoms with Gasteiger partial charge >= 0.3 is 0 Å². The molecular formula is C9H7F2N5O. The number of anilines is 1. The summed E-state index contributed by atoms with van der Waals surface area (Å²) in [6.45, 7) is 0. The number of amides is 1. The van der Waals surface area contributed by atoms with E-state index in [4.69, 9.17) is 0 Å². The Balaban J connectivity index is 2.10. The van der Waals surface area contributed by atoms with Crippen molar-refractivity contribution in [3.8, 4) is 0 Å². The number of carbonyl (C=O) groups is 1. The predicted octanol–water partition coefficient (Wildman–Crippen LogP) is 1.39. The van der Waals surface area contributed by atoms with E-state index in [0.717, 1.165) is 6.20 Å². The fourth-order valence-electron chi connectivity index (χ4n) is 1.12. The highest BCUT2D eigenvalue weighted by Crippen LogP contribution is 2.16. The van der Waals surface area contributed by atoms with Crippen LogP contribution in [0.1, 0.15) is 22.7 Å². The molecule has 1 amide bonds. The monoisotopic (exact) mass is 239 g/mol. The molecule has 0 atom stereocenters. The second kappa shape index (κ2) is 4.64. The number of H-pyrrole nitrogens is 1. The Morgan fingerprint density at radius 2 is 2.18 bits per heavy atom. The molecule has 0 spiro atoms. The lowest BCUT2D eigenvalue weighted by molar-refractivity contribution is 0.101. The molecule has 0 aliphatic rings. The van der Waals surface area contributed by atoms with Crippen molar-refractivity contribution in [2.24, 2.45) is 0 Å². The first-order chi connectivity index (χ1) is 8.16. The molecule has 0 aliphatic carbocycles. The number of hydrogen-bond donors (Lipinski definition) is 2. The third-order valence-electron chi connectivity index (χ3n) is 1.89. The molecule has 2 heterocycles. The van der Waals surface area contributed by atoms with Crippen molar-refractivity contribution in [1.29, 1.82) is 0 Å². The average Bonchev–Trinajstić information content (AvgIpc) is 2.79. The average molecular weight is 239 g/mol. The van der Waals surface area contributed by atoms with Gasteiger partial charge in [0, 0.05) is 0 Å². The molecule has 2 rings (SSSR count). The number of nitrogens with one attached hydrogen (secondary N) is 2. The van der Waals surface area contributed by atoms with Gasteiger partial charge in [0.15, 0.2) is 5.82 Å². The van der Waals surface area contributed by atoms with Crippen LogP contribution in [-0.4, -0.2) is 26.1 Å². The van der Waals surface area contributed by atoms with Crippen LogP contribution in [0.4, 0.5) is 14.5 Å². The van der Waals surface area contributed by atoms with Crippen LogP contribution in [0.15, 0.2) is 24.7 Å². The lowest BCUT2D eigenvalue weighted by Crippen LogP contribution is -2.14. The van der Waals surface area contributed by atoms with E-state index in [1.165, 1.54) is 18.5 Å². The molecule has 6 nitrogen and oxygen atoms in total. The molecule has 8 heteroatoms. The van der Waals surface area contributed by atoms with E-state index in [9.17, 15) is 13.6 Å². The maximum atomic E-state index is 12.2. The molecule has 0 fully saturated rings. The van der Waals surface area contributed by atoms with Crippen molar-refractivity contribution >= 4 is 11.6 Å². The van der Waals surface area contributed by atoms with Crippen LogP contribution in [0, 0.1) is 0 Å². The van der Waals surface area contributed by atoms with E-state index >= 15 is 0 Å². The number of alkyl halides is 2. The minimum absolute atomic E-state index is 0.183. The Labute approximate surface area is 94.1 Å². The quantitative estimate of drug-likeness (QED) is 0.847. The van der Waals surface area contributed by atoms with Crippen LogP contribution in [0.2, 0.25) is 0 Å². The van der Waals surface area contributed by atoms with Crippen molar-refractivity contribution in [3.63, 3.8) is 0 Å². The van der Waals surface area contributed by atoms with Crippen LogP contribution < -0.4 is 5.32 Å². The second-order valence-electron chi connectivity index (χ2n) is 3.07. The van der Waals surface area contributed by atoms with Gasteiger partial charge in [-0.15, -0.1) is 0 Å². The molecule has 17 heavy (non-hydrogen) atoms. The van der Waals surface area contributed by atoms with Gasteiger partial charge in [-0.25, -0.2) is 13.8 Å². The number of aromatic nitrogens is 4. The fraction of sp³-hybridized carbons (Fsp3) is 0.111. The van der Waals surface area contributed by atoms with Crippen LogP contribution >= 0.6 is 0 Å². The highest BCUT2D eigenvalue weighted by molar-refractivity contribution is 6.01. The van der Waals surface area contributed by atoms with Crippen LogP contribution in [0.5, 0.6) is 0 Å². The van der Waals surface area contributed by atoms with Gasteiger partial charge < -0.3 is 10.3 Å². The zero-order valence-corrected chi connectivity index (χ0v) is 8.39. The molecule has 0 saturated carbocycles. The molecule has 0 aromatic carbocycles. The number of rotatable bonds is 3. The Morgan fingerprint density at radius 1 is 1.35 bits per heavy atom. The van der Waals surface area contributed by atoms with Gasteiger partial charge in [-0.05, 0) is 6.07 Å². The van der Waals surface area contributed by atoms with Gasteiger partial charge in [0.2, 0.25) is 0 Å². The van der Waals surface area contributed by atoms with E-state index < -0.39 is 18.0 Å². The molecule has 0 saturated heterocycles. The highest BCUT2D eigenvalue weighted by Gasteiger charge is 2.15. The van der Waals surface area contributed by atoms with E-state index in [0.29, 0.717) is 5.69 Å². The standard InChI is InChI=1S/C9H7F2N5O/c10-7(11)6-4-12-8(16-6)9(17)15-5-1-2-13-14-3-5/h1-4,7H,(H,12,16)(H,13,15,17). The second-order valence-corrected chi connectivity index (χ2v) is 3.07. The lowest BCUT2D eigenvalue weighted by Gasteiger charge is -2.00. The Hall–Kier alpha value is -2.38. The number of hydrogen-bond acceptors (Lipinski definition) is 4. The zero-order chi connectivity index (χ0) is 12.3. The van der Waals surface area contributed by atoms with Gasteiger partial charge in [-0.2, -0.15) is 10.2 Å². The predicted molar refractivity (Wildman–Crippen MR) is 53.5 cm³/mol. The van der Waals surface area contributed by atoms with Crippen LogP contribution in [-0.2, 0) is 0 Å². The summed E-state index contributed by atoms with van der Waals surface area (Å²) in [6.07, 6.45) is 0.952. The number of halogens is 2. The molecule has 2 aromatic rings. The Morgan fingerprint density at radius 3 is 2.76 bits per heavy atom. The first-order valence-corrected chi connectivity index (χ1v) is 4.58. The topological polar surface area (TPSA) is 83.6 Å². The Kier molecular flexibility index (Phi) is 3.03. The summed E-state index contributed by atoms with van der Waals surface area (Å²) in [7, 11) is 0. The van der Waals surface area contributed by atoms with Gasteiger partial charge in [0.25, 0.3) is 12.3 Å². The first-order valence-electron chi connectivity index (χ1n) is 4.58. The number of carbonyl (C=O) groups excluding carboxylic acids is 1. The normalized spacial score (nSPS) is 10.5. The summed E-state index contributed by atoms with van der Waals surface area (Å²) in [6, 6.07) is 1.52. The first kappa shape index (κ1) is 11.1. The molecular weight excluding hydrogens is 232 g/mol. The van der Waals surface area contributed by atoms with Gasteiger partial charge in [-0.1, -0.05) is 0 Å². The molecule has 0 aliphatic heterocycles. The summed E-state index contributed by atoms with van der Waals surface area (Å²) in [5, 5.41) is 9.51. The lowest BCUT2D eigenvalue weighted by atomic mass is 10.4. The summed E-state index contributed by atoms with van der Waals surface area (Å²) in [5.74, 6) is -0.804. The van der Waals surface area contributed by atoms with E-state index in [2.05, 4.69) is 25.5 Å². The fourth-order valence-corrected chi connectivity index (χ4v) is 1.12. The smallest absolute Gasteiger partial charge is 0.291 e. The van der Waals surface area contributed by atoms with E-state index in [1.54, 1.807) is 0 Å². The van der Waals surface area contributed by atoms with Crippen molar-refractivity contribution in [2.75, 3.05) is 5.32 Å². The van der Waals surface area contributed by atoms with Crippen molar-refractivity contribution in [1.82, 2.24) is 20.2 Å². The summed E-state index contributed by atoms with van der Waals surface area (Å²) in [4.78, 5) is 17.3. The number of nitrogens with zero attached hydrogens (tertiary/aromatic N) is 3. The van der Waals surface area contributed by atoms with Crippen LogP contribution in [0.25, 0.3) is 0 Å². The minimum atomic E-state index is -2.69. The zero-order valence-electron chi connectivity index (χ0n) is 8.39. The molecule has 88 valence electrons. The SMILES string of the molecule is O=C(Nc1ccnnc1)c1ncc(C(F)F)[nH]1. The van der Waals surface area contributed by atoms with Gasteiger partial charge in [0.1, 0.15) is 5.69 Å². The summed E-state index contributed by atoms with van der Waals surface area (Å²) >= 11 is 0. The Bertz CT molecular complexity index is 513. The van der Waals surface area contributed by atoms with Crippen molar-refractivity contribution in [3.05, 3.63) is 36.2 Å². The maximum Gasteiger partial charge on any atom is 0.291 e. The van der Waals surface area contributed by atoms with E-state index in [1.807, 2.05) is 0 Å². The third-order valence-corrected chi connectivity index (χ3v) is 1.89. The number of aromatic amines is 1. The summed E-state index contributed by atoms with van der Waals surface area (Å²) < 4.78 is 24.5. The molecule has 0 radical (unpaired) electrons. The number of imidazole rings is 1. The summed E-state index contributed by atoms with van der Waals surface area (Å²) in [5.41, 5.74) is 0.00278. The largest absolute Gasteiger partial charge is 0.333 e. The molecule has 0 unspecified atom stereocenters. The highest BCUT2D eigenvalue weighted by atomic mass is 19.3. The minimum Gasteiger partial charge on any atom is -0.333 e. The molecule has 0 bridgehead atoms. The molecule has 2 aromatic heterocycles. The van der Waals surface area contributed by atoms with Crippen molar-refractivity contribution in [2.45, 2.75) is 6.43 Å². The van der Waals surface area contributed by atoms with Gasteiger partial charge in [-0.3, -0.25) is 4.79 Å². The van der Waals surface area contributed by atoms with Crippen molar-refractivity contribution < 1.29 is 13.6 Å². The maximum absolute atomic E-state index is 12.2. The van der Waals surface area contributed by atoms with Crippen LogP contribution in [0.3, 0.4) is 0 Å². The van der Waals surface area contributed by atoms with Gasteiger partial charge in [0.05, 0.1) is 24.3 Å². The third kappa shape index (κ3) is 2.60. The molecule has 2 N–H and O–H groups in total.